The summed E-state index contributed by atoms with van der Waals surface area (Å²) in [6, 6.07) is 11.0. The molecule has 2 aromatic rings. The van der Waals surface area contributed by atoms with Crippen LogP contribution in [0.25, 0.3) is 0 Å². The number of pyridine rings is 1. The van der Waals surface area contributed by atoms with Gasteiger partial charge in [-0.2, -0.15) is 0 Å². The molecule has 1 unspecified atom stereocenters. The van der Waals surface area contributed by atoms with Gasteiger partial charge in [-0.1, -0.05) is 18.2 Å². The lowest BCUT2D eigenvalue weighted by atomic mass is 10.1. The van der Waals surface area contributed by atoms with E-state index in [4.69, 9.17) is 0 Å². The Kier molecular flexibility index (Phi) is 5.86. The molecule has 1 heterocycles. The maximum atomic E-state index is 12.0. The first-order valence-corrected chi connectivity index (χ1v) is 7.61. The third-order valence-electron chi connectivity index (χ3n) is 3.61. The second-order valence-electron chi connectivity index (χ2n) is 5.39. The Bertz CT molecular complexity index is 671. The summed E-state index contributed by atoms with van der Waals surface area (Å²) in [4.78, 5) is 27.9. The van der Waals surface area contributed by atoms with Crippen molar-refractivity contribution >= 4 is 11.8 Å². The zero-order valence-corrected chi connectivity index (χ0v) is 13.4. The van der Waals surface area contributed by atoms with Crippen molar-refractivity contribution in [3.63, 3.8) is 0 Å². The first-order valence-electron chi connectivity index (χ1n) is 7.61. The van der Waals surface area contributed by atoms with Gasteiger partial charge >= 0.3 is 0 Å². The van der Waals surface area contributed by atoms with Gasteiger partial charge in [-0.15, -0.1) is 0 Å². The number of carbonyl (C=O) groups excluding carboxylic acids is 2. The van der Waals surface area contributed by atoms with Gasteiger partial charge in [0.2, 0.25) is 5.91 Å². The summed E-state index contributed by atoms with van der Waals surface area (Å²) in [5, 5.41) is 5.68. The lowest BCUT2D eigenvalue weighted by Crippen LogP contribution is -2.32. The van der Waals surface area contributed by atoms with Crippen LogP contribution in [0.4, 0.5) is 0 Å². The van der Waals surface area contributed by atoms with E-state index in [0.29, 0.717) is 12.1 Å². The number of carbonyl (C=O) groups is 2. The molecule has 0 fully saturated rings. The van der Waals surface area contributed by atoms with Gasteiger partial charge in [0.05, 0.1) is 6.04 Å². The molecule has 2 amide bonds. The van der Waals surface area contributed by atoms with Gasteiger partial charge in [-0.3, -0.25) is 14.6 Å². The van der Waals surface area contributed by atoms with Crippen LogP contribution in [0.15, 0.2) is 48.8 Å². The Morgan fingerprint density at radius 2 is 1.83 bits per heavy atom. The molecule has 23 heavy (non-hydrogen) atoms. The van der Waals surface area contributed by atoms with Gasteiger partial charge in [0.1, 0.15) is 0 Å². The van der Waals surface area contributed by atoms with E-state index in [9.17, 15) is 9.59 Å². The Morgan fingerprint density at radius 1 is 1.13 bits per heavy atom. The summed E-state index contributed by atoms with van der Waals surface area (Å²) in [5.74, 6) is -0.252. The highest BCUT2D eigenvalue weighted by Crippen LogP contribution is 2.10. The van der Waals surface area contributed by atoms with Crippen LogP contribution < -0.4 is 10.6 Å². The molecule has 0 radical (unpaired) electrons. The maximum absolute atomic E-state index is 12.0. The number of nitrogens with zero attached hydrogens (tertiary/aromatic N) is 1. The first kappa shape index (κ1) is 16.7. The van der Waals surface area contributed by atoms with Crippen LogP contribution in [0, 0.1) is 6.92 Å². The molecule has 1 aromatic carbocycles. The topological polar surface area (TPSA) is 71.1 Å². The highest BCUT2D eigenvalue weighted by atomic mass is 16.2. The molecule has 1 atom stereocenters. The van der Waals surface area contributed by atoms with Gasteiger partial charge in [-0.25, -0.2) is 0 Å². The highest BCUT2D eigenvalue weighted by molar-refractivity contribution is 5.95. The fourth-order valence-corrected chi connectivity index (χ4v) is 2.26. The zero-order valence-electron chi connectivity index (χ0n) is 13.4. The average Bonchev–Trinajstić information content (AvgIpc) is 2.56. The molecular weight excluding hydrogens is 290 g/mol. The molecule has 2 N–H and O–H groups in total. The molecule has 0 saturated carbocycles. The molecule has 2 rings (SSSR count). The molecule has 5 nitrogen and oxygen atoms in total. The van der Waals surface area contributed by atoms with Crippen LogP contribution in [0.2, 0.25) is 0 Å². The number of aromatic nitrogens is 1. The van der Waals surface area contributed by atoms with Gasteiger partial charge in [0.15, 0.2) is 0 Å². The van der Waals surface area contributed by atoms with E-state index in [2.05, 4.69) is 15.6 Å². The molecule has 0 bridgehead atoms. The first-order chi connectivity index (χ1) is 11.1. The average molecular weight is 311 g/mol. The van der Waals surface area contributed by atoms with E-state index >= 15 is 0 Å². The van der Waals surface area contributed by atoms with Crippen molar-refractivity contribution in [2.24, 2.45) is 0 Å². The van der Waals surface area contributed by atoms with Crippen LogP contribution in [0.3, 0.4) is 0 Å². The number of aryl methyl sites for hydroxylation is 1. The quantitative estimate of drug-likeness (QED) is 0.860. The monoisotopic (exact) mass is 311 g/mol. The number of amides is 2. The lowest BCUT2D eigenvalue weighted by molar-refractivity contribution is -0.121. The summed E-state index contributed by atoms with van der Waals surface area (Å²) in [6.07, 6.45) is 3.63. The molecule has 5 heteroatoms. The molecule has 1 aromatic heterocycles. The highest BCUT2D eigenvalue weighted by Gasteiger charge is 2.11. The third-order valence-corrected chi connectivity index (χ3v) is 3.61. The Morgan fingerprint density at radius 3 is 2.52 bits per heavy atom. The molecular formula is C18H21N3O2. The third kappa shape index (κ3) is 4.92. The second-order valence-corrected chi connectivity index (χ2v) is 5.39. The smallest absolute Gasteiger partial charge is 0.251 e. The molecule has 0 spiro atoms. The van der Waals surface area contributed by atoms with Crippen molar-refractivity contribution in [3.05, 3.63) is 65.5 Å². The fourth-order valence-electron chi connectivity index (χ4n) is 2.26. The van der Waals surface area contributed by atoms with E-state index in [1.807, 2.05) is 44.2 Å². The van der Waals surface area contributed by atoms with E-state index in [0.717, 1.165) is 11.1 Å². The minimum atomic E-state index is -0.155. The minimum absolute atomic E-state index is 0.0856. The second kappa shape index (κ2) is 8.08. The molecule has 0 aliphatic rings. The predicted octanol–water partition coefficient (Wildman–Crippen LogP) is 2.39. The predicted molar refractivity (Wildman–Crippen MR) is 88.9 cm³/mol. The largest absolute Gasteiger partial charge is 0.352 e. The van der Waals surface area contributed by atoms with Crippen molar-refractivity contribution in [2.45, 2.75) is 26.3 Å². The van der Waals surface area contributed by atoms with Gasteiger partial charge in [0, 0.05) is 30.9 Å². The number of nitrogens with one attached hydrogen (secondary N) is 2. The van der Waals surface area contributed by atoms with Crippen molar-refractivity contribution < 1.29 is 9.59 Å². The van der Waals surface area contributed by atoms with E-state index < -0.39 is 0 Å². The van der Waals surface area contributed by atoms with E-state index in [1.54, 1.807) is 18.5 Å². The summed E-state index contributed by atoms with van der Waals surface area (Å²) >= 11 is 0. The number of hydrogen-bond donors (Lipinski definition) is 2. The molecule has 120 valence electrons. The zero-order chi connectivity index (χ0) is 16.7. The summed E-state index contributed by atoms with van der Waals surface area (Å²) < 4.78 is 0. The van der Waals surface area contributed by atoms with Crippen molar-refractivity contribution in [2.75, 3.05) is 6.54 Å². The standard InChI is InChI=1S/C18H21N3O2/c1-13-5-3-4-6-16(13)18(23)20-12-9-17(22)21-14(2)15-7-10-19-11-8-15/h3-8,10-11,14H,9,12H2,1-2H3,(H,20,23)(H,21,22). The van der Waals surface area contributed by atoms with Crippen LogP contribution >= 0.6 is 0 Å². The molecule has 0 saturated heterocycles. The van der Waals surface area contributed by atoms with Crippen molar-refractivity contribution in [1.82, 2.24) is 15.6 Å². The number of rotatable bonds is 6. The van der Waals surface area contributed by atoms with Crippen molar-refractivity contribution in [3.8, 4) is 0 Å². The number of benzene rings is 1. The molecule has 0 aliphatic heterocycles. The minimum Gasteiger partial charge on any atom is -0.352 e. The normalized spacial score (nSPS) is 11.6. The summed E-state index contributed by atoms with van der Waals surface area (Å²) in [6.45, 7) is 4.11. The van der Waals surface area contributed by atoms with E-state index in [1.165, 1.54) is 0 Å². The Hall–Kier alpha value is -2.69. The number of hydrogen-bond acceptors (Lipinski definition) is 3. The van der Waals surface area contributed by atoms with Crippen LogP contribution in [0.1, 0.15) is 40.9 Å². The maximum Gasteiger partial charge on any atom is 0.251 e. The van der Waals surface area contributed by atoms with Crippen molar-refractivity contribution in [1.29, 1.82) is 0 Å². The van der Waals surface area contributed by atoms with E-state index in [-0.39, 0.29) is 24.3 Å². The van der Waals surface area contributed by atoms with Crippen LogP contribution in [0.5, 0.6) is 0 Å². The Balaban J connectivity index is 1.77. The lowest BCUT2D eigenvalue weighted by Gasteiger charge is -2.14. The summed E-state index contributed by atoms with van der Waals surface area (Å²) in [5.41, 5.74) is 2.55. The van der Waals surface area contributed by atoms with Gasteiger partial charge < -0.3 is 10.6 Å². The fraction of sp³-hybridized carbons (Fsp3) is 0.278. The molecule has 0 aliphatic carbocycles. The van der Waals surface area contributed by atoms with Crippen LogP contribution in [-0.4, -0.2) is 23.3 Å². The SMILES string of the molecule is Cc1ccccc1C(=O)NCCC(=O)NC(C)c1ccncc1. The van der Waals surface area contributed by atoms with Crippen LogP contribution in [-0.2, 0) is 4.79 Å². The van der Waals surface area contributed by atoms with Gasteiger partial charge in [-0.05, 0) is 43.2 Å². The van der Waals surface area contributed by atoms with Gasteiger partial charge in [0.25, 0.3) is 5.91 Å². The summed E-state index contributed by atoms with van der Waals surface area (Å²) in [7, 11) is 0. The Labute approximate surface area is 136 Å².